The number of carboxylic acid groups (broad SMARTS) is 1. The molecule has 16 heavy (non-hydrogen) atoms. The molecule has 2 aromatic heterocycles. The van der Waals surface area contributed by atoms with Crippen molar-refractivity contribution in [3.63, 3.8) is 0 Å². The Kier molecular flexibility index (Phi) is 3.26. The molecule has 2 aromatic rings. The minimum absolute atomic E-state index is 0.382. The third-order valence-electron chi connectivity index (χ3n) is 2.21. The van der Waals surface area contributed by atoms with Crippen LogP contribution in [-0.4, -0.2) is 18.1 Å². The molecule has 0 atom stereocenters. The van der Waals surface area contributed by atoms with Gasteiger partial charge in [0.15, 0.2) is 0 Å². The van der Waals surface area contributed by atoms with Gasteiger partial charge in [0, 0.05) is 23.0 Å². The van der Waals surface area contributed by atoms with Crippen LogP contribution in [-0.2, 0) is 6.54 Å². The average Bonchev–Trinajstić information content (AvgIpc) is 2.86. The van der Waals surface area contributed by atoms with E-state index in [1.54, 1.807) is 17.4 Å². The molecule has 0 saturated carbocycles. The van der Waals surface area contributed by atoms with E-state index in [9.17, 15) is 4.79 Å². The maximum absolute atomic E-state index is 10.7. The smallest absolute Gasteiger partial charge is 0.345 e. The number of rotatable bonds is 4. The van der Waals surface area contributed by atoms with Crippen LogP contribution in [0.3, 0.4) is 0 Å². The van der Waals surface area contributed by atoms with Crippen LogP contribution in [0.25, 0.3) is 0 Å². The van der Waals surface area contributed by atoms with Gasteiger partial charge in [0.25, 0.3) is 0 Å². The minimum atomic E-state index is -0.860. The number of thiophene rings is 2. The minimum Gasteiger partial charge on any atom is -0.477 e. The first-order valence-electron chi connectivity index (χ1n) is 4.72. The van der Waals surface area contributed by atoms with Crippen molar-refractivity contribution in [1.82, 2.24) is 0 Å². The molecule has 0 amide bonds. The highest BCUT2D eigenvalue weighted by Crippen LogP contribution is 2.24. The second-order valence-corrected chi connectivity index (χ2v) is 5.35. The van der Waals surface area contributed by atoms with Gasteiger partial charge >= 0.3 is 5.97 Å². The molecular formula is C11H11NO2S2. The third-order valence-corrected chi connectivity index (χ3v) is 3.98. The van der Waals surface area contributed by atoms with Crippen LogP contribution >= 0.6 is 22.7 Å². The zero-order chi connectivity index (χ0) is 11.5. The van der Waals surface area contributed by atoms with Crippen molar-refractivity contribution in [1.29, 1.82) is 0 Å². The van der Waals surface area contributed by atoms with Crippen molar-refractivity contribution in [2.45, 2.75) is 6.54 Å². The highest BCUT2D eigenvalue weighted by molar-refractivity contribution is 7.12. The van der Waals surface area contributed by atoms with E-state index in [-0.39, 0.29) is 0 Å². The maximum atomic E-state index is 10.7. The molecule has 0 spiro atoms. The van der Waals surface area contributed by atoms with E-state index in [1.807, 2.05) is 23.9 Å². The summed E-state index contributed by atoms with van der Waals surface area (Å²) >= 11 is 2.97. The Labute approximate surface area is 102 Å². The lowest BCUT2D eigenvalue weighted by Crippen LogP contribution is -2.14. The van der Waals surface area contributed by atoms with E-state index >= 15 is 0 Å². The van der Waals surface area contributed by atoms with Gasteiger partial charge in [-0.3, -0.25) is 0 Å². The van der Waals surface area contributed by atoms with Gasteiger partial charge in [-0.2, -0.15) is 0 Å². The molecule has 0 bridgehead atoms. The Hall–Kier alpha value is -1.33. The predicted molar refractivity (Wildman–Crippen MR) is 67.7 cm³/mol. The molecule has 0 radical (unpaired) electrons. The van der Waals surface area contributed by atoms with Gasteiger partial charge in [0.1, 0.15) is 4.88 Å². The van der Waals surface area contributed by atoms with Gasteiger partial charge in [-0.25, -0.2) is 4.79 Å². The Morgan fingerprint density at radius 2 is 2.31 bits per heavy atom. The summed E-state index contributed by atoms with van der Waals surface area (Å²) in [4.78, 5) is 14.4. The van der Waals surface area contributed by atoms with Gasteiger partial charge in [-0.05, 0) is 17.5 Å². The Bertz CT molecular complexity index is 476. The fraction of sp³-hybridized carbons (Fsp3) is 0.182. The van der Waals surface area contributed by atoms with Crippen LogP contribution in [0.15, 0.2) is 29.0 Å². The van der Waals surface area contributed by atoms with E-state index in [1.165, 1.54) is 16.2 Å². The molecule has 2 heterocycles. The van der Waals surface area contributed by atoms with Gasteiger partial charge in [0.05, 0.1) is 6.54 Å². The number of carboxylic acids is 1. The molecule has 0 fully saturated rings. The van der Waals surface area contributed by atoms with E-state index in [2.05, 4.69) is 11.0 Å². The molecule has 3 nitrogen and oxygen atoms in total. The summed E-state index contributed by atoms with van der Waals surface area (Å²) in [6.45, 7) is 0.813. The summed E-state index contributed by atoms with van der Waals surface area (Å²) in [6, 6.07) is 5.80. The first-order chi connectivity index (χ1) is 7.66. The van der Waals surface area contributed by atoms with Crippen LogP contribution in [0.2, 0.25) is 0 Å². The topological polar surface area (TPSA) is 40.5 Å². The van der Waals surface area contributed by atoms with Gasteiger partial charge in [-0.15, -0.1) is 22.7 Å². The first-order valence-corrected chi connectivity index (χ1v) is 6.48. The molecule has 5 heteroatoms. The van der Waals surface area contributed by atoms with Crippen molar-refractivity contribution in [2.75, 3.05) is 11.9 Å². The molecule has 84 valence electrons. The quantitative estimate of drug-likeness (QED) is 0.910. The number of hydrogen-bond donors (Lipinski definition) is 1. The lowest BCUT2D eigenvalue weighted by molar-refractivity contribution is 0.0702. The summed E-state index contributed by atoms with van der Waals surface area (Å²) in [6.07, 6.45) is 0. The summed E-state index contributed by atoms with van der Waals surface area (Å²) in [5.74, 6) is -0.860. The summed E-state index contributed by atoms with van der Waals surface area (Å²) < 4.78 is 0. The average molecular weight is 253 g/mol. The zero-order valence-corrected chi connectivity index (χ0v) is 10.3. The number of carbonyl (C=O) groups is 1. The molecule has 0 aliphatic rings. The third kappa shape index (κ3) is 2.43. The molecular weight excluding hydrogens is 242 g/mol. The van der Waals surface area contributed by atoms with Crippen molar-refractivity contribution >= 4 is 34.3 Å². The monoisotopic (exact) mass is 253 g/mol. The normalized spacial score (nSPS) is 10.3. The fourth-order valence-corrected chi connectivity index (χ4v) is 2.91. The van der Waals surface area contributed by atoms with Crippen LogP contribution < -0.4 is 4.90 Å². The highest BCUT2D eigenvalue weighted by atomic mass is 32.1. The number of hydrogen-bond acceptors (Lipinski definition) is 4. The van der Waals surface area contributed by atoms with Gasteiger partial charge < -0.3 is 10.0 Å². The molecule has 0 aliphatic carbocycles. The number of anilines is 1. The number of aromatic carboxylic acids is 1. The molecule has 2 rings (SSSR count). The van der Waals surface area contributed by atoms with Crippen molar-refractivity contribution in [3.8, 4) is 0 Å². The van der Waals surface area contributed by atoms with E-state index in [0.29, 0.717) is 4.88 Å². The van der Waals surface area contributed by atoms with Crippen molar-refractivity contribution in [2.24, 2.45) is 0 Å². The van der Waals surface area contributed by atoms with Crippen LogP contribution in [0.4, 0.5) is 5.69 Å². The van der Waals surface area contributed by atoms with E-state index in [0.717, 1.165) is 12.2 Å². The first kappa shape index (κ1) is 11.2. The van der Waals surface area contributed by atoms with Crippen molar-refractivity contribution < 1.29 is 9.90 Å². The molecule has 1 N–H and O–H groups in total. The largest absolute Gasteiger partial charge is 0.477 e. The lowest BCUT2D eigenvalue weighted by Gasteiger charge is -2.15. The van der Waals surface area contributed by atoms with Crippen molar-refractivity contribution in [3.05, 3.63) is 38.7 Å². The Morgan fingerprint density at radius 3 is 2.88 bits per heavy atom. The second kappa shape index (κ2) is 4.67. The highest BCUT2D eigenvalue weighted by Gasteiger charge is 2.10. The zero-order valence-electron chi connectivity index (χ0n) is 8.71. The summed E-state index contributed by atoms with van der Waals surface area (Å²) in [5.41, 5.74) is 0.954. The van der Waals surface area contributed by atoms with Gasteiger partial charge in [0.2, 0.25) is 0 Å². The second-order valence-electron chi connectivity index (χ2n) is 3.41. The predicted octanol–water partition coefficient (Wildman–Crippen LogP) is 3.14. The molecule has 0 aromatic carbocycles. The van der Waals surface area contributed by atoms with Crippen LogP contribution in [0, 0.1) is 0 Å². The SMILES string of the molecule is CN(Cc1cccs1)c1csc(C(=O)O)c1. The standard InChI is InChI=1S/C11H11NO2S2/c1-12(6-9-3-2-4-15-9)8-5-10(11(13)14)16-7-8/h2-5,7H,6H2,1H3,(H,13,14). The molecule has 0 aliphatic heterocycles. The fourth-order valence-electron chi connectivity index (χ4n) is 1.37. The number of nitrogens with zero attached hydrogens (tertiary/aromatic N) is 1. The Morgan fingerprint density at radius 1 is 1.50 bits per heavy atom. The molecule has 0 unspecified atom stereocenters. The maximum Gasteiger partial charge on any atom is 0.345 e. The van der Waals surface area contributed by atoms with Crippen LogP contribution in [0.5, 0.6) is 0 Å². The van der Waals surface area contributed by atoms with E-state index < -0.39 is 5.97 Å². The Balaban J connectivity index is 2.08. The van der Waals surface area contributed by atoms with Crippen LogP contribution in [0.1, 0.15) is 14.5 Å². The summed E-state index contributed by atoms with van der Waals surface area (Å²) in [7, 11) is 1.97. The van der Waals surface area contributed by atoms with Gasteiger partial charge in [-0.1, -0.05) is 6.07 Å². The lowest BCUT2D eigenvalue weighted by atomic mass is 10.3. The van der Waals surface area contributed by atoms with E-state index in [4.69, 9.17) is 5.11 Å². The molecule has 0 saturated heterocycles. The summed E-state index contributed by atoms with van der Waals surface area (Å²) in [5, 5.41) is 12.7.